The Morgan fingerprint density at radius 3 is 2.52 bits per heavy atom. The number of amides is 1. The van der Waals surface area contributed by atoms with Gasteiger partial charge in [0.05, 0.1) is 12.5 Å². The standard InChI is InChI=1S/C21H24F3N3O.CH2O2/c1-14-5-2-3-6-16(14)19-17-13-26(10-8-21(22,23)24)11-15(17)12-27(19)20(28)18-7-4-9-25-18;2-1-3/h2-7,9,15,17,19,25H,8,10-13H2,1H3;1H,(H,2,3)/t15-,17-,19+;/m0./s1. The summed E-state index contributed by atoms with van der Waals surface area (Å²) in [5, 5.41) is 6.89. The van der Waals surface area contributed by atoms with Crippen LogP contribution in [0.1, 0.15) is 34.1 Å². The summed E-state index contributed by atoms with van der Waals surface area (Å²) in [7, 11) is 0. The molecule has 1 aromatic heterocycles. The molecular formula is C22H26F3N3O3. The maximum atomic E-state index is 13.1. The van der Waals surface area contributed by atoms with Crippen LogP contribution in [0.4, 0.5) is 13.2 Å². The van der Waals surface area contributed by atoms with Gasteiger partial charge in [-0.1, -0.05) is 24.3 Å². The third kappa shape index (κ3) is 5.28. The topological polar surface area (TPSA) is 76.6 Å². The summed E-state index contributed by atoms with van der Waals surface area (Å²) in [6, 6.07) is 11.4. The lowest BCUT2D eigenvalue weighted by Gasteiger charge is -2.30. The van der Waals surface area contributed by atoms with Crippen molar-refractivity contribution in [1.29, 1.82) is 0 Å². The Hall–Kier alpha value is -2.81. The second-order valence-electron chi connectivity index (χ2n) is 8.00. The van der Waals surface area contributed by atoms with Gasteiger partial charge in [0.2, 0.25) is 0 Å². The van der Waals surface area contributed by atoms with Gasteiger partial charge in [-0.05, 0) is 36.1 Å². The van der Waals surface area contributed by atoms with Crippen molar-refractivity contribution in [3.8, 4) is 0 Å². The summed E-state index contributed by atoms with van der Waals surface area (Å²) in [6.07, 6.45) is -3.19. The molecule has 2 N–H and O–H groups in total. The summed E-state index contributed by atoms with van der Waals surface area (Å²) in [6.45, 7) is 3.58. The zero-order chi connectivity index (χ0) is 22.6. The number of aromatic nitrogens is 1. The van der Waals surface area contributed by atoms with Crippen molar-refractivity contribution >= 4 is 12.4 Å². The van der Waals surface area contributed by atoms with Crippen LogP contribution in [0.3, 0.4) is 0 Å². The number of likely N-dealkylation sites (tertiary alicyclic amines) is 2. The van der Waals surface area contributed by atoms with Crippen LogP contribution in [0, 0.1) is 18.8 Å². The molecule has 3 heterocycles. The van der Waals surface area contributed by atoms with E-state index in [2.05, 4.69) is 4.98 Å². The first-order valence-electron chi connectivity index (χ1n) is 10.1. The lowest BCUT2D eigenvalue weighted by atomic mass is 9.87. The van der Waals surface area contributed by atoms with E-state index in [9.17, 15) is 18.0 Å². The van der Waals surface area contributed by atoms with E-state index in [1.807, 2.05) is 41.0 Å². The van der Waals surface area contributed by atoms with Gasteiger partial charge in [0.25, 0.3) is 12.4 Å². The van der Waals surface area contributed by atoms with Gasteiger partial charge in [-0.15, -0.1) is 0 Å². The zero-order valence-electron chi connectivity index (χ0n) is 17.2. The lowest BCUT2D eigenvalue weighted by molar-refractivity contribution is -0.137. The molecule has 2 fully saturated rings. The Balaban J connectivity index is 0.000000858. The third-order valence-electron chi connectivity index (χ3n) is 6.05. The average molecular weight is 437 g/mol. The highest BCUT2D eigenvalue weighted by Crippen LogP contribution is 2.46. The summed E-state index contributed by atoms with van der Waals surface area (Å²) in [5.74, 6) is 0.291. The normalized spacial score (nSPS) is 23.2. The first-order valence-corrected chi connectivity index (χ1v) is 10.1. The molecule has 2 aliphatic heterocycles. The van der Waals surface area contributed by atoms with Crippen LogP contribution < -0.4 is 0 Å². The molecule has 0 spiro atoms. The molecule has 1 amide bonds. The Kier molecular flexibility index (Phi) is 7.04. The number of carbonyl (C=O) groups is 2. The lowest BCUT2D eigenvalue weighted by Crippen LogP contribution is -2.36. The molecule has 0 saturated carbocycles. The number of carbonyl (C=O) groups excluding carboxylic acids is 1. The fourth-order valence-corrected chi connectivity index (χ4v) is 4.75. The van der Waals surface area contributed by atoms with Crippen LogP contribution in [0.2, 0.25) is 0 Å². The number of aryl methyl sites for hydroxylation is 1. The van der Waals surface area contributed by atoms with Gasteiger partial charge in [-0.25, -0.2) is 0 Å². The zero-order valence-corrected chi connectivity index (χ0v) is 17.2. The fourth-order valence-electron chi connectivity index (χ4n) is 4.75. The monoisotopic (exact) mass is 437 g/mol. The van der Waals surface area contributed by atoms with Crippen molar-refractivity contribution in [1.82, 2.24) is 14.8 Å². The number of carboxylic acid groups (broad SMARTS) is 1. The Morgan fingerprint density at radius 1 is 1.19 bits per heavy atom. The largest absolute Gasteiger partial charge is 0.483 e. The SMILES string of the molecule is Cc1ccccc1[C@@H]1[C@H]2CN(CCC(F)(F)F)C[C@H]2CN1C(=O)c1ccc[nH]1.O=CO. The molecule has 2 aromatic rings. The van der Waals surface area contributed by atoms with Crippen LogP contribution in [0.5, 0.6) is 0 Å². The van der Waals surface area contributed by atoms with Gasteiger partial charge >= 0.3 is 6.18 Å². The van der Waals surface area contributed by atoms with Crippen molar-refractivity contribution in [2.75, 3.05) is 26.2 Å². The molecule has 1 aromatic carbocycles. The average Bonchev–Trinajstić information content (AvgIpc) is 3.43. The molecule has 0 bridgehead atoms. The highest BCUT2D eigenvalue weighted by atomic mass is 19.4. The van der Waals surface area contributed by atoms with Gasteiger partial charge in [0.15, 0.2) is 0 Å². The summed E-state index contributed by atoms with van der Waals surface area (Å²) in [4.78, 5) is 28.3. The van der Waals surface area contributed by atoms with Gasteiger partial charge in [0, 0.05) is 38.3 Å². The van der Waals surface area contributed by atoms with Crippen LogP contribution in [-0.4, -0.2) is 64.6 Å². The molecular weight excluding hydrogens is 411 g/mol. The van der Waals surface area contributed by atoms with E-state index in [0.29, 0.717) is 25.3 Å². The Labute approximate surface area is 178 Å². The maximum absolute atomic E-state index is 13.1. The second-order valence-corrected chi connectivity index (χ2v) is 8.00. The predicted octanol–water partition coefficient (Wildman–Crippen LogP) is 3.72. The smallest absolute Gasteiger partial charge is 0.390 e. The van der Waals surface area contributed by atoms with E-state index in [0.717, 1.165) is 11.1 Å². The van der Waals surface area contributed by atoms with Crippen LogP contribution >= 0.6 is 0 Å². The van der Waals surface area contributed by atoms with Crippen molar-refractivity contribution in [2.24, 2.45) is 11.8 Å². The minimum Gasteiger partial charge on any atom is -0.483 e. The van der Waals surface area contributed by atoms with Gasteiger partial charge in [0.1, 0.15) is 5.69 Å². The van der Waals surface area contributed by atoms with Crippen molar-refractivity contribution in [2.45, 2.75) is 25.6 Å². The molecule has 0 aliphatic carbocycles. The highest BCUT2D eigenvalue weighted by Gasteiger charge is 2.49. The molecule has 3 atom stereocenters. The summed E-state index contributed by atoms with van der Waals surface area (Å²) in [5.41, 5.74) is 2.74. The number of nitrogens with one attached hydrogen (secondary N) is 1. The fraction of sp³-hybridized carbons (Fsp3) is 0.455. The number of fused-ring (bicyclic) bond motifs is 1. The van der Waals surface area contributed by atoms with Crippen molar-refractivity contribution < 1.29 is 27.9 Å². The second kappa shape index (κ2) is 9.55. The number of aromatic amines is 1. The van der Waals surface area contributed by atoms with Crippen molar-refractivity contribution in [3.05, 3.63) is 59.4 Å². The van der Waals surface area contributed by atoms with E-state index in [-0.39, 0.29) is 36.8 Å². The molecule has 31 heavy (non-hydrogen) atoms. The molecule has 168 valence electrons. The number of alkyl halides is 3. The van der Waals surface area contributed by atoms with Gasteiger partial charge < -0.3 is 19.9 Å². The highest BCUT2D eigenvalue weighted by molar-refractivity contribution is 5.93. The maximum Gasteiger partial charge on any atom is 0.390 e. The molecule has 4 rings (SSSR count). The number of halogens is 3. The van der Waals surface area contributed by atoms with E-state index < -0.39 is 12.6 Å². The minimum absolute atomic E-state index is 0.0293. The van der Waals surface area contributed by atoms with Gasteiger partial charge in [-0.2, -0.15) is 13.2 Å². The van der Waals surface area contributed by atoms with Crippen molar-refractivity contribution in [3.63, 3.8) is 0 Å². The number of nitrogens with zero attached hydrogens (tertiary/aromatic N) is 2. The molecule has 2 aliphatic rings. The first-order chi connectivity index (χ1) is 14.7. The number of rotatable bonds is 4. The molecule has 0 unspecified atom stereocenters. The van der Waals surface area contributed by atoms with Crippen LogP contribution in [0.25, 0.3) is 0 Å². The van der Waals surface area contributed by atoms with Crippen LogP contribution in [-0.2, 0) is 4.79 Å². The van der Waals surface area contributed by atoms with E-state index in [1.165, 1.54) is 0 Å². The van der Waals surface area contributed by atoms with Crippen LogP contribution in [0.15, 0.2) is 42.6 Å². The molecule has 2 saturated heterocycles. The predicted molar refractivity (Wildman–Crippen MR) is 109 cm³/mol. The molecule has 0 radical (unpaired) electrons. The van der Waals surface area contributed by atoms with Gasteiger partial charge in [-0.3, -0.25) is 9.59 Å². The molecule has 9 heteroatoms. The summed E-state index contributed by atoms with van der Waals surface area (Å²) >= 11 is 0. The number of benzene rings is 1. The van der Waals surface area contributed by atoms with E-state index in [1.54, 1.807) is 18.3 Å². The number of hydrogen-bond acceptors (Lipinski definition) is 3. The number of H-pyrrole nitrogens is 1. The minimum atomic E-state index is -4.14. The first kappa shape index (κ1) is 22.9. The summed E-state index contributed by atoms with van der Waals surface area (Å²) < 4.78 is 37.9. The third-order valence-corrected chi connectivity index (χ3v) is 6.05. The Morgan fingerprint density at radius 2 is 1.90 bits per heavy atom. The van der Waals surface area contributed by atoms with E-state index >= 15 is 0 Å². The number of hydrogen-bond donors (Lipinski definition) is 2. The Bertz CT molecular complexity index is 886. The molecule has 6 nitrogen and oxygen atoms in total. The quantitative estimate of drug-likeness (QED) is 0.715. The van der Waals surface area contributed by atoms with E-state index in [4.69, 9.17) is 9.90 Å².